The van der Waals surface area contributed by atoms with Crippen molar-refractivity contribution < 1.29 is 4.92 Å². The number of nitrogens with zero attached hydrogens (tertiary/aromatic N) is 5. The third-order valence-corrected chi connectivity index (χ3v) is 4.89. The van der Waals surface area contributed by atoms with E-state index < -0.39 is 22.1 Å². The van der Waals surface area contributed by atoms with Gasteiger partial charge in [-0.2, -0.15) is 0 Å². The van der Waals surface area contributed by atoms with E-state index in [9.17, 15) is 19.7 Å². The first kappa shape index (κ1) is 18.4. The van der Waals surface area contributed by atoms with Crippen molar-refractivity contribution in [3.05, 3.63) is 91.1 Å². The summed E-state index contributed by atoms with van der Waals surface area (Å²) in [5, 5.41) is 11.5. The molecule has 0 radical (unpaired) electrons. The molecule has 4 aromatic rings. The van der Waals surface area contributed by atoms with Gasteiger partial charge in [0, 0.05) is 14.1 Å². The van der Waals surface area contributed by atoms with Crippen LogP contribution in [0, 0.1) is 10.1 Å². The number of hydrogen-bond donors (Lipinski definition) is 0. The van der Waals surface area contributed by atoms with Gasteiger partial charge in [0.05, 0.1) is 6.54 Å². The molecule has 0 unspecified atom stereocenters. The Morgan fingerprint density at radius 2 is 1.55 bits per heavy atom. The summed E-state index contributed by atoms with van der Waals surface area (Å²) in [6, 6.07) is 17.4. The average molecular weight is 391 g/mol. The highest BCUT2D eigenvalue weighted by Gasteiger charge is 2.28. The molecule has 0 saturated carbocycles. The van der Waals surface area contributed by atoms with E-state index >= 15 is 0 Å². The van der Waals surface area contributed by atoms with Gasteiger partial charge in [-0.1, -0.05) is 54.6 Å². The third-order valence-electron chi connectivity index (χ3n) is 4.89. The summed E-state index contributed by atoms with van der Waals surface area (Å²) < 4.78 is 3.30. The minimum absolute atomic E-state index is 0.00861. The second-order valence-electron chi connectivity index (χ2n) is 6.70. The molecule has 0 atom stereocenters. The Morgan fingerprint density at radius 1 is 0.931 bits per heavy atom. The molecule has 146 valence electrons. The molecule has 2 heterocycles. The Labute approximate surface area is 164 Å². The van der Waals surface area contributed by atoms with Crippen LogP contribution in [-0.4, -0.2) is 23.6 Å². The molecule has 0 aliphatic carbocycles. The van der Waals surface area contributed by atoms with Crippen LogP contribution in [0.5, 0.6) is 0 Å². The topological polar surface area (TPSA) is 105 Å². The Balaban J connectivity index is 1.84. The van der Waals surface area contributed by atoms with Crippen LogP contribution in [0.1, 0.15) is 5.56 Å². The van der Waals surface area contributed by atoms with E-state index in [1.54, 1.807) is 0 Å². The molecule has 0 spiro atoms. The van der Waals surface area contributed by atoms with E-state index in [1.165, 1.54) is 18.7 Å². The average Bonchev–Trinajstić information content (AvgIpc) is 3.11. The van der Waals surface area contributed by atoms with Gasteiger partial charge in [-0.3, -0.25) is 13.9 Å². The summed E-state index contributed by atoms with van der Waals surface area (Å²) in [7, 11) is 2.77. The zero-order chi connectivity index (χ0) is 20.7. The number of fused-ring (bicyclic) bond motifs is 1. The first-order valence-electron chi connectivity index (χ1n) is 8.83. The summed E-state index contributed by atoms with van der Waals surface area (Å²) in [5.41, 5.74) is 1.64. The first-order chi connectivity index (χ1) is 13.9. The largest absolute Gasteiger partial charge is 0.437 e. The minimum Gasteiger partial charge on any atom is -0.390 e. The van der Waals surface area contributed by atoms with Gasteiger partial charge in [0.1, 0.15) is 0 Å². The van der Waals surface area contributed by atoms with Crippen LogP contribution < -0.4 is 11.2 Å². The minimum atomic E-state index is -0.651. The van der Waals surface area contributed by atoms with Crippen LogP contribution in [0.15, 0.2) is 64.2 Å². The molecule has 0 saturated heterocycles. The Morgan fingerprint density at radius 3 is 2.17 bits per heavy atom. The van der Waals surface area contributed by atoms with Crippen LogP contribution in [0.4, 0.5) is 5.95 Å². The lowest BCUT2D eigenvalue weighted by Crippen LogP contribution is -2.37. The molecule has 0 amide bonds. The number of imidazole rings is 1. The SMILES string of the molecule is Cn1c(=O)c2c(nc([N+](=O)[O-])n2Cc2ccc(-c3ccccc3)cc2)n(C)c1=O. The molecule has 0 N–H and O–H groups in total. The summed E-state index contributed by atoms with van der Waals surface area (Å²) >= 11 is 0. The van der Waals surface area contributed by atoms with Crippen molar-refractivity contribution in [3.8, 4) is 11.1 Å². The number of hydrogen-bond acceptors (Lipinski definition) is 5. The van der Waals surface area contributed by atoms with Crippen molar-refractivity contribution in [2.24, 2.45) is 14.1 Å². The standard InChI is InChI=1S/C20H17N5O4/c1-22-17-16(18(26)23(2)20(22)27)24(19(21-17)25(28)29)12-13-8-10-15(11-9-13)14-6-4-3-5-7-14/h3-11H,12H2,1-2H3. The number of benzene rings is 2. The molecule has 29 heavy (non-hydrogen) atoms. The fraction of sp³-hybridized carbons (Fsp3) is 0.150. The second kappa shape index (κ2) is 6.86. The van der Waals surface area contributed by atoms with Crippen molar-refractivity contribution in [1.29, 1.82) is 0 Å². The van der Waals surface area contributed by atoms with Gasteiger partial charge in [-0.15, -0.1) is 0 Å². The van der Waals surface area contributed by atoms with Crippen molar-refractivity contribution in [2.45, 2.75) is 6.54 Å². The third kappa shape index (κ3) is 3.02. The van der Waals surface area contributed by atoms with Crippen LogP contribution in [0.3, 0.4) is 0 Å². The van der Waals surface area contributed by atoms with Crippen molar-refractivity contribution in [3.63, 3.8) is 0 Å². The van der Waals surface area contributed by atoms with Gasteiger partial charge in [-0.05, 0) is 26.6 Å². The highest BCUT2D eigenvalue weighted by molar-refractivity contribution is 5.73. The van der Waals surface area contributed by atoms with Crippen molar-refractivity contribution >= 4 is 17.1 Å². The number of rotatable bonds is 4. The maximum atomic E-state index is 12.7. The van der Waals surface area contributed by atoms with Gasteiger partial charge in [-0.25, -0.2) is 9.36 Å². The first-order valence-corrected chi connectivity index (χ1v) is 8.83. The molecule has 0 aliphatic heterocycles. The number of aryl methyl sites for hydroxylation is 1. The Bertz CT molecular complexity index is 1350. The lowest BCUT2D eigenvalue weighted by molar-refractivity contribution is -0.396. The van der Waals surface area contributed by atoms with Crippen LogP contribution in [-0.2, 0) is 20.6 Å². The maximum absolute atomic E-state index is 12.7. The Hall–Kier alpha value is -4.01. The zero-order valence-corrected chi connectivity index (χ0v) is 15.8. The molecule has 9 nitrogen and oxygen atoms in total. The summed E-state index contributed by atoms with van der Waals surface area (Å²) in [6.07, 6.45) is 0. The molecule has 0 fully saturated rings. The fourth-order valence-corrected chi connectivity index (χ4v) is 3.34. The van der Waals surface area contributed by atoms with Gasteiger partial charge in [0.25, 0.3) is 11.2 Å². The van der Waals surface area contributed by atoms with Crippen LogP contribution in [0.2, 0.25) is 0 Å². The second-order valence-corrected chi connectivity index (χ2v) is 6.70. The monoisotopic (exact) mass is 391 g/mol. The van der Waals surface area contributed by atoms with E-state index in [0.717, 1.165) is 25.8 Å². The van der Waals surface area contributed by atoms with Crippen molar-refractivity contribution in [1.82, 2.24) is 18.7 Å². The fourth-order valence-electron chi connectivity index (χ4n) is 3.34. The van der Waals surface area contributed by atoms with E-state index in [1.807, 2.05) is 54.6 Å². The summed E-state index contributed by atoms with van der Waals surface area (Å²) in [6.45, 7) is 0.0787. The molecular weight excluding hydrogens is 374 g/mol. The molecule has 2 aromatic carbocycles. The van der Waals surface area contributed by atoms with Gasteiger partial charge in [0.2, 0.25) is 5.52 Å². The lowest BCUT2D eigenvalue weighted by Gasteiger charge is -2.06. The molecule has 9 heteroatoms. The predicted octanol–water partition coefficient (Wildman–Crippen LogP) is 2.06. The van der Waals surface area contributed by atoms with Gasteiger partial charge >= 0.3 is 11.6 Å². The molecule has 4 rings (SSSR count). The summed E-state index contributed by atoms with van der Waals surface area (Å²) in [4.78, 5) is 39.6. The quantitative estimate of drug-likeness (QED) is 0.391. The van der Waals surface area contributed by atoms with Gasteiger partial charge in [0.15, 0.2) is 0 Å². The predicted molar refractivity (Wildman–Crippen MR) is 108 cm³/mol. The normalized spacial score (nSPS) is 11.1. The molecule has 0 aliphatic rings. The summed E-state index contributed by atoms with van der Waals surface area (Å²) in [5.74, 6) is -0.481. The Kier molecular flexibility index (Phi) is 4.34. The molecular formula is C20H17N5O4. The van der Waals surface area contributed by atoms with E-state index in [-0.39, 0.29) is 17.7 Å². The molecule has 0 bridgehead atoms. The lowest BCUT2D eigenvalue weighted by atomic mass is 10.0. The van der Waals surface area contributed by atoms with Crippen LogP contribution in [0.25, 0.3) is 22.3 Å². The highest BCUT2D eigenvalue weighted by Crippen LogP contribution is 2.22. The van der Waals surface area contributed by atoms with Gasteiger partial charge < -0.3 is 10.1 Å². The zero-order valence-electron chi connectivity index (χ0n) is 15.8. The van der Waals surface area contributed by atoms with Crippen molar-refractivity contribution in [2.75, 3.05) is 0 Å². The smallest absolute Gasteiger partial charge is 0.390 e. The number of nitro groups is 1. The van der Waals surface area contributed by atoms with E-state index in [4.69, 9.17) is 0 Å². The van der Waals surface area contributed by atoms with E-state index in [0.29, 0.717) is 0 Å². The van der Waals surface area contributed by atoms with Crippen LogP contribution >= 0.6 is 0 Å². The van der Waals surface area contributed by atoms with E-state index in [2.05, 4.69) is 4.98 Å². The maximum Gasteiger partial charge on any atom is 0.437 e. The number of aromatic nitrogens is 4. The highest BCUT2D eigenvalue weighted by atomic mass is 16.6. The molecule has 2 aromatic heterocycles.